The van der Waals surface area contributed by atoms with Crippen LogP contribution < -0.4 is 5.73 Å². The van der Waals surface area contributed by atoms with Crippen molar-refractivity contribution in [1.82, 2.24) is 9.21 Å². The smallest absolute Gasteiger partial charge is 0.214 e. The standard InChI is InChI=1S/C13H27N3O2S/c1-2-13(5-6-14)15-7-9-16(10-8-15)19(17,18)11-12-3-4-12/h12-13H,2-11,14H2,1H3. The molecule has 1 aliphatic heterocycles. The summed E-state index contributed by atoms with van der Waals surface area (Å²) in [6.07, 6.45) is 4.28. The molecular formula is C13H27N3O2S. The normalized spacial score (nSPS) is 24.5. The number of piperazine rings is 1. The van der Waals surface area contributed by atoms with Crippen LogP contribution in [0.5, 0.6) is 0 Å². The van der Waals surface area contributed by atoms with Crippen LogP contribution >= 0.6 is 0 Å². The number of rotatable bonds is 7. The largest absolute Gasteiger partial charge is 0.330 e. The van der Waals surface area contributed by atoms with Gasteiger partial charge in [0.1, 0.15) is 0 Å². The molecule has 0 aromatic rings. The molecule has 112 valence electrons. The van der Waals surface area contributed by atoms with Gasteiger partial charge in [-0.1, -0.05) is 6.92 Å². The highest BCUT2D eigenvalue weighted by atomic mass is 32.2. The van der Waals surface area contributed by atoms with Crippen molar-refractivity contribution in [2.24, 2.45) is 11.7 Å². The van der Waals surface area contributed by atoms with Crippen LogP contribution in [0, 0.1) is 5.92 Å². The lowest BCUT2D eigenvalue weighted by molar-refractivity contribution is 0.129. The predicted octanol–water partition coefficient (Wildman–Crippen LogP) is 0.471. The zero-order chi connectivity index (χ0) is 13.9. The third-order valence-electron chi connectivity index (χ3n) is 4.30. The Kier molecular flexibility index (Phi) is 5.22. The van der Waals surface area contributed by atoms with E-state index < -0.39 is 10.0 Å². The summed E-state index contributed by atoms with van der Waals surface area (Å²) in [4.78, 5) is 2.40. The lowest BCUT2D eigenvalue weighted by Crippen LogP contribution is -2.52. The van der Waals surface area contributed by atoms with Crippen molar-refractivity contribution < 1.29 is 8.42 Å². The fraction of sp³-hybridized carbons (Fsp3) is 1.00. The first-order valence-electron chi connectivity index (χ1n) is 7.48. The molecule has 2 rings (SSSR count). The Balaban J connectivity index is 1.84. The first kappa shape index (κ1) is 15.2. The fourth-order valence-corrected chi connectivity index (χ4v) is 4.73. The van der Waals surface area contributed by atoms with Crippen LogP contribution in [0.1, 0.15) is 32.6 Å². The number of hydrogen-bond acceptors (Lipinski definition) is 4. The Hall–Kier alpha value is -0.170. The van der Waals surface area contributed by atoms with Gasteiger partial charge in [0.25, 0.3) is 0 Å². The van der Waals surface area contributed by atoms with Gasteiger partial charge in [-0.25, -0.2) is 8.42 Å². The van der Waals surface area contributed by atoms with Crippen LogP contribution in [0.15, 0.2) is 0 Å². The van der Waals surface area contributed by atoms with Crippen LogP contribution in [0.2, 0.25) is 0 Å². The second-order valence-corrected chi connectivity index (χ2v) is 7.81. The maximum atomic E-state index is 12.2. The minimum Gasteiger partial charge on any atom is -0.330 e. The quantitative estimate of drug-likeness (QED) is 0.740. The average Bonchev–Trinajstić information content (AvgIpc) is 3.19. The van der Waals surface area contributed by atoms with Gasteiger partial charge < -0.3 is 5.73 Å². The third-order valence-corrected chi connectivity index (χ3v) is 6.34. The Bertz CT molecular complexity index is 373. The molecule has 0 amide bonds. The van der Waals surface area contributed by atoms with E-state index in [1.54, 1.807) is 4.31 Å². The maximum absolute atomic E-state index is 12.2. The van der Waals surface area contributed by atoms with Crippen molar-refractivity contribution in [2.75, 3.05) is 38.5 Å². The van der Waals surface area contributed by atoms with Gasteiger partial charge in [-0.3, -0.25) is 4.90 Å². The molecule has 6 heteroatoms. The molecule has 2 aliphatic rings. The highest BCUT2D eigenvalue weighted by Crippen LogP contribution is 2.31. The highest BCUT2D eigenvalue weighted by Gasteiger charge is 2.34. The topological polar surface area (TPSA) is 66.6 Å². The molecule has 19 heavy (non-hydrogen) atoms. The van der Waals surface area contributed by atoms with Crippen LogP contribution in [-0.4, -0.2) is 62.1 Å². The van der Waals surface area contributed by atoms with E-state index in [4.69, 9.17) is 5.73 Å². The summed E-state index contributed by atoms with van der Waals surface area (Å²) < 4.78 is 26.1. The van der Waals surface area contributed by atoms with Crippen molar-refractivity contribution in [3.05, 3.63) is 0 Å². The van der Waals surface area contributed by atoms with Crippen LogP contribution in [0.3, 0.4) is 0 Å². The van der Waals surface area contributed by atoms with Crippen molar-refractivity contribution >= 4 is 10.0 Å². The van der Waals surface area contributed by atoms with Gasteiger partial charge in [0.05, 0.1) is 5.75 Å². The minimum absolute atomic E-state index is 0.368. The van der Waals surface area contributed by atoms with Crippen LogP contribution in [0.25, 0.3) is 0 Å². The van der Waals surface area contributed by atoms with E-state index in [-0.39, 0.29) is 0 Å². The molecule has 1 heterocycles. The molecule has 0 radical (unpaired) electrons. The molecule has 0 aromatic heterocycles. The van der Waals surface area contributed by atoms with E-state index in [0.29, 0.717) is 37.3 Å². The lowest BCUT2D eigenvalue weighted by Gasteiger charge is -2.38. The van der Waals surface area contributed by atoms with Gasteiger partial charge >= 0.3 is 0 Å². The number of hydrogen-bond donors (Lipinski definition) is 1. The molecule has 2 N–H and O–H groups in total. The molecule has 1 saturated heterocycles. The molecule has 2 fully saturated rings. The zero-order valence-corrected chi connectivity index (χ0v) is 12.7. The molecule has 1 saturated carbocycles. The highest BCUT2D eigenvalue weighted by molar-refractivity contribution is 7.89. The van der Waals surface area contributed by atoms with Gasteiger partial charge in [0.2, 0.25) is 10.0 Å². The van der Waals surface area contributed by atoms with Crippen LogP contribution in [0.4, 0.5) is 0 Å². The summed E-state index contributed by atoms with van der Waals surface area (Å²) in [5.41, 5.74) is 5.64. The second-order valence-electron chi connectivity index (χ2n) is 5.80. The number of nitrogens with zero attached hydrogens (tertiary/aromatic N) is 2. The van der Waals surface area contributed by atoms with Gasteiger partial charge in [0, 0.05) is 32.2 Å². The van der Waals surface area contributed by atoms with Gasteiger partial charge in [-0.15, -0.1) is 0 Å². The first-order chi connectivity index (χ1) is 9.06. The van der Waals surface area contributed by atoms with E-state index >= 15 is 0 Å². The fourth-order valence-electron chi connectivity index (χ4n) is 2.87. The van der Waals surface area contributed by atoms with Crippen LogP contribution in [-0.2, 0) is 10.0 Å². The molecule has 1 aliphatic carbocycles. The lowest BCUT2D eigenvalue weighted by atomic mass is 10.1. The van der Waals surface area contributed by atoms with E-state index in [2.05, 4.69) is 11.8 Å². The molecule has 1 unspecified atom stereocenters. The van der Waals surface area contributed by atoms with Crippen molar-refractivity contribution in [3.8, 4) is 0 Å². The number of sulfonamides is 1. The maximum Gasteiger partial charge on any atom is 0.214 e. The van der Waals surface area contributed by atoms with E-state index in [0.717, 1.165) is 38.8 Å². The second kappa shape index (κ2) is 6.52. The SMILES string of the molecule is CCC(CCN)N1CCN(S(=O)(=O)CC2CC2)CC1. The molecule has 5 nitrogen and oxygen atoms in total. The number of nitrogens with two attached hydrogens (primary N) is 1. The minimum atomic E-state index is -3.01. The molecule has 1 atom stereocenters. The predicted molar refractivity (Wildman–Crippen MR) is 77.4 cm³/mol. The Labute approximate surface area is 117 Å². The summed E-state index contributed by atoms with van der Waals surface area (Å²) in [6, 6.07) is 0.512. The summed E-state index contributed by atoms with van der Waals surface area (Å²) >= 11 is 0. The summed E-state index contributed by atoms with van der Waals surface area (Å²) in [6.45, 7) is 5.88. The Morgan fingerprint density at radius 2 is 1.84 bits per heavy atom. The summed E-state index contributed by atoms with van der Waals surface area (Å²) in [7, 11) is -3.01. The van der Waals surface area contributed by atoms with Gasteiger partial charge in [-0.2, -0.15) is 4.31 Å². The third kappa shape index (κ3) is 4.15. The zero-order valence-electron chi connectivity index (χ0n) is 11.9. The summed E-state index contributed by atoms with van der Waals surface area (Å²) in [5, 5.41) is 0. The van der Waals surface area contributed by atoms with Crippen molar-refractivity contribution in [3.63, 3.8) is 0 Å². The monoisotopic (exact) mass is 289 g/mol. The van der Waals surface area contributed by atoms with E-state index in [1.165, 1.54) is 0 Å². The Morgan fingerprint density at radius 1 is 1.21 bits per heavy atom. The first-order valence-corrected chi connectivity index (χ1v) is 9.09. The van der Waals surface area contributed by atoms with Gasteiger partial charge in [-0.05, 0) is 38.1 Å². The van der Waals surface area contributed by atoms with E-state index in [9.17, 15) is 8.42 Å². The molecule has 0 bridgehead atoms. The molecular weight excluding hydrogens is 262 g/mol. The average molecular weight is 289 g/mol. The molecule has 0 aromatic carbocycles. The van der Waals surface area contributed by atoms with Gasteiger partial charge in [0.15, 0.2) is 0 Å². The van der Waals surface area contributed by atoms with Crippen molar-refractivity contribution in [1.29, 1.82) is 0 Å². The Morgan fingerprint density at radius 3 is 2.32 bits per heavy atom. The van der Waals surface area contributed by atoms with Crippen molar-refractivity contribution in [2.45, 2.75) is 38.6 Å². The van der Waals surface area contributed by atoms with E-state index in [1.807, 2.05) is 0 Å². The molecule has 0 spiro atoms. The summed E-state index contributed by atoms with van der Waals surface area (Å²) in [5.74, 6) is 0.802.